The lowest BCUT2D eigenvalue weighted by Crippen LogP contribution is -2.01. The number of hydrogen-bond donors (Lipinski definition) is 0. The molecule has 2 nitrogen and oxygen atoms in total. The molecule has 1 aromatic carbocycles. The van der Waals surface area contributed by atoms with Gasteiger partial charge in [0.2, 0.25) is 0 Å². The molecule has 0 bridgehead atoms. The molecule has 0 heterocycles. The Hall–Kier alpha value is -1.02. The van der Waals surface area contributed by atoms with Crippen LogP contribution in [-0.2, 0) is 11.2 Å². The Bertz CT molecular complexity index is 269. The van der Waals surface area contributed by atoms with Gasteiger partial charge in [-0.2, -0.15) is 0 Å². The maximum absolute atomic E-state index is 5.40. The average Bonchev–Trinajstić information content (AvgIpc) is 2.15. The standard InChI is InChI=1S/C11H15O2/c1-4-10-6-5-9(2)7-11(10)13-8-12-3/h5-7H,2,4,8H2,1,3H3. The van der Waals surface area contributed by atoms with Gasteiger partial charge in [0, 0.05) is 7.11 Å². The van der Waals surface area contributed by atoms with Crippen molar-refractivity contribution in [1.82, 2.24) is 0 Å². The summed E-state index contributed by atoms with van der Waals surface area (Å²) in [6.45, 7) is 6.23. The number of ether oxygens (including phenoxy) is 2. The summed E-state index contributed by atoms with van der Waals surface area (Å²) in [5.41, 5.74) is 2.15. The first kappa shape index (κ1) is 10.1. The second kappa shape index (κ2) is 4.87. The molecule has 13 heavy (non-hydrogen) atoms. The van der Waals surface area contributed by atoms with E-state index >= 15 is 0 Å². The summed E-state index contributed by atoms with van der Waals surface area (Å²) in [6.07, 6.45) is 0.958. The van der Waals surface area contributed by atoms with Crippen molar-refractivity contribution in [2.45, 2.75) is 13.3 Å². The Balaban J connectivity index is 2.81. The number of benzene rings is 1. The van der Waals surface area contributed by atoms with Gasteiger partial charge in [-0.15, -0.1) is 0 Å². The molecule has 0 aliphatic heterocycles. The number of methoxy groups -OCH3 is 1. The van der Waals surface area contributed by atoms with E-state index in [4.69, 9.17) is 9.47 Å². The molecule has 0 aliphatic carbocycles. The topological polar surface area (TPSA) is 18.5 Å². The molecule has 1 rings (SSSR count). The second-order valence-electron chi connectivity index (χ2n) is 2.85. The second-order valence-corrected chi connectivity index (χ2v) is 2.85. The molecule has 1 radical (unpaired) electrons. The van der Waals surface area contributed by atoms with Crippen molar-refractivity contribution in [2.75, 3.05) is 13.9 Å². The van der Waals surface area contributed by atoms with E-state index in [0.717, 1.165) is 17.7 Å². The van der Waals surface area contributed by atoms with Gasteiger partial charge in [0.1, 0.15) is 5.75 Å². The monoisotopic (exact) mass is 179 g/mol. The van der Waals surface area contributed by atoms with Gasteiger partial charge in [-0.05, 0) is 30.5 Å². The molecule has 0 saturated carbocycles. The van der Waals surface area contributed by atoms with Crippen LogP contribution in [0.4, 0.5) is 0 Å². The van der Waals surface area contributed by atoms with Crippen LogP contribution in [0.25, 0.3) is 0 Å². The first-order valence-corrected chi connectivity index (χ1v) is 4.34. The summed E-state index contributed by atoms with van der Waals surface area (Å²) in [5, 5.41) is 0. The predicted molar refractivity (Wildman–Crippen MR) is 52.8 cm³/mol. The summed E-state index contributed by atoms with van der Waals surface area (Å²) in [4.78, 5) is 0. The predicted octanol–water partition coefficient (Wildman–Crippen LogP) is 2.41. The summed E-state index contributed by atoms with van der Waals surface area (Å²) in [5.74, 6) is 0.872. The van der Waals surface area contributed by atoms with Gasteiger partial charge in [0.05, 0.1) is 0 Å². The summed E-state index contributed by atoms with van der Waals surface area (Å²) < 4.78 is 10.2. The van der Waals surface area contributed by atoms with Crippen molar-refractivity contribution in [1.29, 1.82) is 0 Å². The van der Waals surface area contributed by atoms with Crippen LogP contribution < -0.4 is 4.74 Å². The Morgan fingerprint density at radius 1 is 1.38 bits per heavy atom. The van der Waals surface area contributed by atoms with Crippen LogP contribution in [0.1, 0.15) is 18.1 Å². The SMILES string of the molecule is [CH2]c1ccc(CC)c(OCOC)c1. The van der Waals surface area contributed by atoms with Crippen LogP contribution in [0.5, 0.6) is 5.75 Å². The van der Waals surface area contributed by atoms with Gasteiger partial charge < -0.3 is 9.47 Å². The Kier molecular flexibility index (Phi) is 3.77. The fourth-order valence-electron chi connectivity index (χ4n) is 1.15. The van der Waals surface area contributed by atoms with E-state index in [-0.39, 0.29) is 6.79 Å². The first-order chi connectivity index (χ1) is 6.27. The minimum absolute atomic E-state index is 0.288. The van der Waals surface area contributed by atoms with E-state index < -0.39 is 0 Å². The third kappa shape index (κ3) is 2.74. The molecule has 0 spiro atoms. The summed E-state index contributed by atoms with van der Waals surface area (Å²) in [6, 6.07) is 5.95. The van der Waals surface area contributed by atoms with E-state index in [1.165, 1.54) is 5.56 Å². The highest BCUT2D eigenvalue weighted by atomic mass is 16.7. The van der Waals surface area contributed by atoms with Crippen molar-refractivity contribution >= 4 is 0 Å². The van der Waals surface area contributed by atoms with E-state index in [0.29, 0.717) is 0 Å². The molecule has 0 unspecified atom stereocenters. The molecule has 71 valence electrons. The molecular weight excluding hydrogens is 164 g/mol. The van der Waals surface area contributed by atoms with Crippen LogP contribution in [0.2, 0.25) is 0 Å². The minimum Gasteiger partial charge on any atom is -0.467 e. The minimum atomic E-state index is 0.288. The quantitative estimate of drug-likeness (QED) is 0.661. The van der Waals surface area contributed by atoms with Gasteiger partial charge in [-0.25, -0.2) is 0 Å². The Labute approximate surface area is 79.5 Å². The van der Waals surface area contributed by atoms with Crippen molar-refractivity contribution in [3.05, 3.63) is 36.2 Å². The van der Waals surface area contributed by atoms with Gasteiger partial charge >= 0.3 is 0 Å². The molecule has 0 saturated heterocycles. The third-order valence-electron chi connectivity index (χ3n) is 1.84. The largest absolute Gasteiger partial charge is 0.467 e. The van der Waals surface area contributed by atoms with Crippen molar-refractivity contribution in [2.24, 2.45) is 0 Å². The maximum atomic E-state index is 5.40. The summed E-state index contributed by atoms with van der Waals surface area (Å²) >= 11 is 0. The normalized spacial score (nSPS) is 10.1. The highest BCUT2D eigenvalue weighted by molar-refractivity contribution is 5.38. The number of aryl methyl sites for hydroxylation is 1. The maximum Gasteiger partial charge on any atom is 0.188 e. The average molecular weight is 179 g/mol. The molecular formula is C11H15O2. The first-order valence-electron chi connectivity index (χ1n) is 4.34. The third-order valence-corrected chi connectivity index (χ3v) is 1.84. The van der Waals surface area contributed by atoms with Crippen LogP contribution >= 0.6 is 0 Å². The lowest BCUT2D eigenvalue weighted by molar-refractivity contribution is 0.0504. The van der Waals surface area contributed by atoms with E-state index in [1.54, 1.807) is 7.11 Å². The molecule has 0 aromatic heterocycles. The zero-order chi connectivity index (χ0) is 9.68. The van der Waals surface area contributed by atoms with Crippen LogP contribution in [0, 0.1) is 6.92 Å². The fourth-order valence-corrected chi connectivity index (χ4v) is 1.15. The Morgan fingerprint density at radius 3 is 2.77 bits per heavy atom. The zero-order valence-corrected chi connectivity index (χ0v) is 8.17. The smallest absolute Gasteiger partial charge is 0.188 e. The van der Waals surface area contributed by atoms with E-state index in [1.807, 2.05) is 18.2 Å². The Morgan fingerprint density at radius 2 is 2.15 bits per heavy atom. The molecule has 0 amide bonds. The lowest BCUT2D eigenvalue weighted by atomic mass is 10.1. The molecule has 0 atom stereocenters. The molecule has 0 aliphatic rings. The van der Waals surface area contributed by atoms with Gasteiger partial charge in [-0.3, -0.25) is 0 Å². The van der Waals surface area contributed by atoms with Crippen molar-refractivity contribution < 1.29 is 9.47 Å². The fraction of sp³-hybridized carbons (Fsp3) is 0.364. The van der Waals surface area contributed by atoms with E-state index in [2.05, 4.69) is 13.8 Å². The lowest BCUT2D eigenvalue weighted by Gasteiger charge is -2.09. The molecule has 1 aromatic rings. The van der Waals surface area contributed by atoms with Crippen molar-refractivity contribution in [3.8, 4) is 5.75 Å². The van der Waals surface area contributed by atoms with Crippen LogP contribution in [-0.4, -0.2) is 13.9 Å². The van der Waals surface area contributed by atoms with Crippen LogP contribution in [0.15, 0.2) is 18.2 Å². The zero-order valence-electron chi connectivity index (χ0n) is 8.17. The molecule has 0 N–H and O–H groups in total. The molecule has 0 fully saturated rings. The van der Waals surface area contributed by atoms with Gasteiger partial charge in [0.15, 0.2) is 6.79 Å². The highest BCUT2D eigenvalue weighted by Crippen LogP contribution is 2.20. The van der Waals surface area contributed by atoms with Gasteiger partial charge in [0.25, 0.3) is 0 Å². The number of rotatable bonds is 4. The van der Waals surface area contributed by atoms with Crippen molar-refractivity contribution in [3.63, 3.8) is 0 Å². The molecule has 2 heteroatoms. The number of hydrogen-bond acceptors (Lipinski definition) is 2. The van der Waals surface area contributed by atoms with E-state index in [9.17, 15) is 0 Å². The van der Waals surface area contributed by atoms with Crippen LogP contribution in [0.3, 0.4) is 0 Å². The highest BCUT2D eigenvalue weighted by Gasteiger charge is 2.01. The van der Waals surface area contributed by atoms with Gasteiger partial charge in [-0.1, -0.05) is 19.1 Å². The summed E-state index contributed by atoms with van der Waals surface area (Å²) in [7, 11) is 1.61.